The number of rotatable bonds is 3. The summed E-state index contributed by atoms with van der Waals surface area (Å²) in [7, 11) is 0. The molecule has 0 heterocycles. The molecule has 3 N–H and O–H groups in total. The highest BCUT2D eigenvalue weighted by molar-refractivity contribution is 7.98. The first kappa shape index (κ1) is 12.1. The number of hydrogen-bond acceptors (Lipinski definition) is 3. The predicted molar refractivity (Wildman–Crippen MR) is 65.2 cm³/mol. The third-order valence-corrected chi connectivity index (χ3v) is 3.06. The van der Waals surface area contributed by atoms with Gasteiger partial charge in [-0.3, -0.25) is 4.79 Å². The molecular weight excluding hydrogens is 208 g/mol. The summed E-state index contributed by atoms with van der Waals surface area (Å²) in [6, 6.07) is 5.36. The minimum Gasteiger partial charge on any atom is -0.324 e. The summed E-state index contributed by atoms with van der Waals surface area (Å²) in [4.78, 5) is 12.6. The van der Waals surface area contributed by atoms with Crippen LogP contribution in [0.2, 0.25) is 0 Å². The Morgan fingerprint density at radius 3 is 2.73 bits per heavy atom. The number of hydrogen-bond donors (Lipinski definition) is 2. The normalized spacial score (nSPS) is 12.3. The molecule has 82 valence electrons. The highest BCUT2D eigenvalue weighted by atomic mass is 32.2. The molecule has 15 heavy (non-hydrogen) atoms. The number of carbonyl (C=O) groups excluding carboxylic acids is 1. The Labute approximate surface area is 94.4 Å². The van der Waals surface area contributed by atoms with Crippen LogP contribution in [0.4, 0.5) is 5.69 Å². The zero-order valence-electron chi connectivity index (χ0n) is 9.20. The quantitative estimate of drug-likeness (QED) is 0.772. The third kappa shape index (κ3) is 2.97. The van der Waals surface area contributed by atoms with Gasteiger partial charge in [0.2, 0.25) is 5.91 Å². The molecule has 1 aromatic carbocycles. The van der Waals surface area contributed by atoms with Gasteiger partial charge in [-0.1, -0.05) is 6.07 Å². The van der Waals surface area contributed by atoms with E-state index in [1.54, 1.807) is 18.7 Å². The van der Waals surface area contributed by atoms with Crippen molar-refractivity contribution in [2.45, 2.75) is 24.8 Å². The maximum Gasteiger partial charge on any atom is 0.241 e. The van der Waals surface area contributed by atoms with Crippen molar-refractivity contribution in [1.82, 2.24) is 0 Å². The molecule has 3 nitrogen and oxygen atoms in total. The molecule has 0 bridgehead atoms. The van der Waals surface area contributed by atoms with Crippen LogP contribution in [-0.2, 0) is 4.79 Å². The largest absolute Gasteiger partial charge is 0.324 e. The second-order valence-electron chi connectivity index (χ2n) is 3.41. The van der Waals surface area contributed by atoms with E-state index in [1.807, 2.05) is 31.4 Å². The molecule has 1 atom stereocenters. The average molecular weight is 224 g/mol. The van der Waals surface area contributed by atoms with Crippen LogP contribution < -0.4 is 11.1 Å². The van der Waals surface area contributed by atoms with Gasteiger partial charge in [-0.25, -0.2) is 0 Å². The van der Waals surface area contributed by atoms with Crippen LogP contribution in [0.25, 0.3) is 0 Å². The average Bonchev–Trinajstić information content (AvgIpc) is 2.21. The van der Waals surface area contributed by atoms with Crippen LogP contribution in [0.15, 0.2) is 23.1 Å². The monoisotopic (exact) mass is 224 g/mol. The summed E-state index contributed by atoms with van der Waals surface area (Å²) < 4.78 is 0. The first-order valence-corrected chi connectivity index (χ1v) is 5.98. The van der Waals surface area contributed by atoms with Gasteiger partial charge in [0.1, 0.15) is 0 Å². The van der Waals surface area contributed by atoms with Gasteiger partial charge in [-0.15, -0.1) is 11.8 Å². The van der Waals surface area contributed by atoms with E-state index >= 15 is 0 Å². The summed E-state index contributed by atoms with van der Waals surface area (Å²) in [6.45, 7) is 3.66. The summed E-state index contributed by atoms with van der Waals surface area (Å²) >= 11 is 1.66. The number of nitrogens with one attached hydrogen (secondary N) is 1. The molecule has 0 radical (unpaired) electrons. The molecular formula is C11H16N2OS. The van der Waals surface area contributed by atoms with Gasteiger partial charge in [0.05, 0.1) is 6.04 Å². The first-order chi connectivity index (χ1) is 7.06. The van der Waals surface area contributed by atoms with Crippen LogP contribution in [0, 0.1) is 6.92 Å². The lowest BCUT2D eigenvalue weighted by molar-refractivity contribution is -0.117. The smallest absolute Gasteiger partial charge is 0.241 e. The fraction of sp³-hybridized carbons (Fsp3) is 0.364. The molecule has 0 aliphatic heterocycles. The molecule has 1 aromatic rings. The zero-order chi connectivity index (χ0) is 11.4. The lowest BCUT2D eigenvalue weighted by Crippen LogP contribution is -2.32. The Morgan fingerprint density at radius 2 is 2.20 bits per heavy atom. The molecule has 0 saturated heterocycles. The van der Waals surface area contributed by atoms with Crippen molar-refractivity contribution >= 4 is 23.4 Å². The highest BCUT2D eigenvalue weighted by Gasteiger charge is 2.10. The fourth-order valence-electron chi connectivity index (χ4n) is 1.22. The van der Waals surface area contributed by atoms with Crippen LogP contribution in [0.3, 0.4) is 0 Å². The van der Waals surface area contributed by atoms with E-state index in [0.717, 1.165) is 16.1 Å². The second-order valence-corrected chi connectivity index (χ2v) is 4.26. The summed E-state index contributed by atoms with van der Waals surface area (Å²) in [6.07, 6.45) is 2.01. The predicted octanol–water partition coefficient (Wildman–Crippen LogP) is 2.00. The van der Waals surface area contributed by atoms with Gasteiger partial charge < -0.3 is 11.1 Å². The SMILES string of the molecule is CSc1cccc(NC(=O)C(C)N)c1C. The molecule has 0 saturated carbocycles. The van der Waals surface area contributed by atoms with E-state index in [2.05, 4.69) is 5.32 Å². The van der Waals surface area contributed by atoms with Crippen LogP contribution in [-0.4, -0.2) is 18.2 Å². The maximum absolute atomic E-state index is 11.4. The zero-order valence-corrected chi connectivity index (χ0v) is 10.0. The lowest BCUT2D eigenvalue weighted by atomic mass is 10.2. The third-order valence-electron chi connectivity index (χ3n) is 2.18. The minimum absolute atomic E-state index is 0.156. The van der Waals surface area contributed by atoms with E-state index in [1.165, 1.54) is 0 Å². The van der Waals surface area contributed by atoms with Crippen molar-refractivity contribution in [2.24, 2.45) is 5.73 Å². The van der Waals surface area contributed by atoms with Crippen molar-refractivity contribution < 1.29 is 4.79 Å². The number of thioether (sulfide) groups is 1. The van der Waals surface area contributed by atoms with Crippen LogP contribution in [0.1, 0.15) is 12.5 Å². The van der Waals surface area contributed by atoms with E-state index in [4.69, 9.17) is 5.73 Å². The topological polar surface area (TPSA) is 55.1 Å². The first-order valence-electron chi connectivity index (χ1n) is 4.76. The van der Waals surface area contributed by atoms with E-state index < -0.39 is 6.04 Å². The lowest BCUT2D eigenvalue weighted by Gasteiger charge is -2.12. The number of anilines is 1. The van der Waals surface area contributed by atoms with Gasteiger partial charge in [0.25, 0.3) is 0 Å². The molecule has 0 aliphatic carbocycles. The molecule has 0 fully saturated rings. The van der Waals surface area contributed by atoms with Gasteiger partial charge in [-0.2, -0.15) is 0 Å². The highest BCUT2D eigenvalue weighted by Crippen LogP contribution is 2.25. The molecule has 0 aliphatic rings. The van der Waals surface area contributed by atoms with Crippen LogP contribution in [0.5, 0.6) is 0 Å². The second kappa shape index (κ2) is 5.19. The van der Waals surface area contributed by atoms with Crippen molar-refractivity contribution in [3.63, 3.8) is 0 Å². The Morgan fingerprint density at radius 1 is 1.53 bits per heavy atom. The molecule has 4 heteroatoms. The molecule has 1 rings (SSSR count). The summed E-state index contributed by atoms with van der Waals surface area (Å²) in [5.41, 5.74) is 7.41. The number of nitrogens with two attached hydrogens (primary N) is 1. The van der Waals surface area contributed by atoms with Gasteiger partial charge in [-0.05, 0) is 37.8 Å². The Balaban J connectivity index is 2.91. The van der Waals surface area contributed by atoms with Gasteiger partial charge in [0, 0.05) is 10.6 Å². The Hall–Kier alpha value is -1.00. The Bertz CT molecular complexity index is 364. The van der Waals surface area contributed by atoms with Gasteiger partial charge in [0.15, 0.2) is 0 Å². The fourth-order valence-corrected chi connectivity index (χ4v) is 1.85. The number of benzene rings is 1. The number of amides is 1. The van der Waals surface area contributed by atoms with E-state index in [-0.39, 0.29) is 5.91 Å². The molecule has 0 spiro atoms. The summed E-state index contributed by atoms with van der Waals surface area (Å²) in [5, 5.41) is 2.81. The van der Waals surface area contributed by atoms with Crippen molar-refractivity contribution in [3.8, 4) is 0 Å². The number of carbonyl (C=O) groups is 1. The van der Waals surface area contributed by atoms with Crippen molar-refractivity contribution in [1.29, 1.82) is 0 Å². The minimum atomic E-state index is -0.484. The Kier molecular flexibility index (Phi) is 4.17. The standard InChI is InChI=1S/C11H16N2OS/c1-7-9(13-11(14)8(2)12)5-4-6-10(7)15-3/h4-6,8H,12H2,1-3H3,(H,13,14). The van der Waals surface area contributed by atoms with E-state index in [0.29, 0.717) is 0 Å². The molecule has 1 unspecified atom stereocenters. The molecule has 1 amide bonds. The van der Waals surface area contributed by atoms with Gasteiger partial charge >= 0.3 is 0 Å². The summed E-state index contributed by atoms with van der Waals surface area (Å²) in [5.74, 6) is -0.156. The maximum atomic E-state index is 11.4. The van der Waals surface area contributed by atoms with Crippen LogP contribution >= 0.6 is 11.8 Å². The molecule has 0 aromatic heterocycles. The van der Waals surface area contributed by atoms with Crippen molar-refractivity contribution in [2.75, 3.05) is 11.6 Å². The van der Waals surface area contributed by atoms with E-state index in [9.17, 15) is 4.79 Å². The van der Waals surface area contributed by atoms with Crippen molar-refractivity contribution in [3.05, 3.63) is 23.8 Å².